The molecule has 0 radical (unpaired) electrons. The third-order valence-corrected chi connectivity index (χ3v) is 4.96. The lowest BCUT2D eigenvalue weighted by Crippen LogP contribution is -2.37. The van der Waals surface area contributed by atoms with Gasteiger partial charge in [0.1, 0.15) is 0 Å². The second-order valence-electron chi connectivity index (χ2n) is 5.57. The Bertz CT molecular complexity index is 829. The summed E-state index contributed by atoms with van der Waals surface area (Å²) in [6, 6.07) is 11.8. The number of urea groups is 1. The van der Waals surface area contributed by atoms with Gasteiger partial charge in [-0.1, -0.05) is 23.7 Å². The fourth-order valence-electron chi connectivity index (χ4n) is 2.51. The standard InChI is InChI=1S/C17H19ClN4OS/c1-21(11-13-7-8-16(18)24-13)17(23)19-9-4-10-22-12-20-14-5-2-3-6-15(14)22/h2-3,5-8,12H,4,9-11H2,1H3,(H,19,23). The van der Waals surface area contributed by atoms with Crippen LogP contribution in [-0.2, 0) is 13.1 Å². The number of imidazole rings is 1. The molecule has 0 aliphatic heterocycles. The maximum absolute atomic E-state index is 12.1. The van der Waals surface area contributed by atoms with Crippen LogP contribution in [0.15, 0.2) is 42.7 Å². The highest BCUT2D eigenvalue weighted by Crippen LogP contribution is 2.22. The molecule has 3 aromatic rings. The van der Waals surface area contributed by atoms with Crippen LogP contribution in [0.3, 0.4) is 0 Å². The number of hydrogen-bond donors (Lipinski definition) is 1. The fraction of sp³-hybridized carbons (Fsp3) is 0.294. The average Bonchev–Trinajstić information content (AvgIpc) is 3.17. The zero-order chi connectivity index (χ0) is 16.9. The van der Waals surface area contributed by atoms with E-state index >= 15 is 0 Å². The Labute approximate surface area is 149 Å². The molecule has 2 aromatic heterocycles. The first kappa shape index (κ1) is 16.8. The molecule has 5 nitrogen and oxygen atoms in total. The molecule has 1 aromatic carbocycles. The Hall–Kier alpha value is -2.05. The quantitative estimate of drug-likeness (QED) is 0.674. The Balaban J connectivity index is 1.43. The third kappa shape index (κ3) is 4.07. The number of amides is 2. The molecule has 0 spiro atoms. The van der Waals surface area contributed by atoms with E-state index in [1.54, 1.807) is 11.9 Å². The van der Waals surface area contributed by atoms with Crippen molar-refractivity contribution in [3.05, 3.63) is 51.9 Å². The van der Waals surface area contributed by atoms with E-state index in [4.69, 9.17) is 11.6 Å². The van der Waals surface area contributed by atoms with Crippen LogP contribution >= 0.6 is 22.9 Å². The summed E-state index contributed by atoms with van der Waals surface area (Å²) in [5, 5.41) is 2.94. The van der Waals surface area contributed by atoms with Crippen molar-refractivity contribution in [2.24, 2.45) is 0 Å². The molecule has 2 amide bonds. The van der Waals surface area contributed by atoms with Crippen molar-refractivity contribution in [3.8, 4) is 0 Å². The lowest BCUT2D eigenvalue weighted by molar-refractivity contribution is 0.207. The normalized spacial score (nSPS) is 10.9. The maximum atomic E-state index is 12.1. The van der Waals surface area contributed by atoms with Crippen molar-refractivity contribution in [3.63, 3.8) is 0 Å². The van der Waals surface area contributed by atoms with Crippen LogP contribution in [0.25, 0.3) is 11.0 Å². The monoisotopic (exact) mass is 362 g/mol. The Morgan fingerprint density at radius 3 is 2.96 bits per heavy atom. The highest BCUT2D eigenvalue weighted by Gasteiger charge is 2.10. The van der Waals surface area contributed by atoms with E-state index in [-0.39, 0.29) is 6.03 Å². The topological polar surface area (TPSA) is 50.2 Å². The molecule has 0 atom stereocenters. The SMILES string of the molecule is CN(Cc1ccc(Cl)s1)C(=O)NCCCn1cnc2ccccc21. The summed E-state index contributed by atoms with van der Waals surface area (Å²) in [5.41, 5.74) is 2.12. The van der Waals surface area contributed by atoms with Gasteiger partial charge in [0, 0.05) is 25.0 Å². The number of nitrogens with zero attached hydrogens (tertiary/aromatic N) is 3. The molecule has 7 heteroatoms. The average molecular weight is 363 g/mol. The first-order valence-electron chi connectivity index (χ1n) is 7.76. The lowest BCUT2D eigenvalue weighted by Gasteiger charge is -2.17. The summed E-state index contributed by atoms with van der Waals surface area (Å²) in [4.78, 5) is 19.2. The predicted octanol–water partition coefficient (Wildman–Crippen LogP) is 3.98. The molecule has 0 saturated heterocycles. The highest BCUT2D eigenvalue weighted by molar-refractivity contribution is 7.16. The molecule has 0 unspecified atom stereocenters. The van der Waals surface area contributed by atoms with E-state index in [9.17, 15) is 4.79 Å². The molecular formula is C17H19ClN4OS. The number of hydrogen-bond acceptors (Lipinski definition) is 3. The zero-order valence-electron chi connectivity index (χ0n) is 13.4. The van der Waals surface area contributed by atoms with Crippen molar-refractivity contribution >= 4 is 40.0 Å². The minimum Gasteiger partial charge on any atom is -0.338 e. The van der Waals surface area contributed by atoms with Gasteiger partial charge in [0.2, 0.25) is 0 Å². The van der Waals surface area contributed by atoms with Crippen molar-refractivity contribution in [1.29, 1.82) is 0 Å². The van der Waals surface area contributed by atoms with Gasteiger partial charge in [0.25, 0.3) is 0 Å². The Morgan fingerprint density at radius 1 is 1.33 bits per heavy atom. The summed E-state index contributed by atoms with van der Waals surface area (Å²) < 4.78 is 2.85. The number of thiophene rings is 1. The van der Waals surface area contributed by atoms with E-state index in [2.05, 4.69) is 20.9 Å². The molecule has 2 heterocycles. The highest BCUT2D eigenvalue weighted by atomic mass is 35.5. The van der Waals surface area contributed by atoms with Crippen LogP contribution < -0.4 is 5.32 Å². The van der Waals surface area contributed by atoms with E-state index in [0.29, 0.717) is 13.1 Å². The zero-order valence-corrected chi connectivity index (χ0v) is 15.0. The van der Waals surface area contributed by atoms with Crippen molar-refractivity contribution in [1.82, 2.24) is 19.8 Å². The molecule has 0 aliphatic rings. The fourth-order valence-corrected chi connectivity index (χ4v) is 3.65. The number of fused-ring (bicyclic) bond motifs is 1. The number of aryl methyl sites for hydroxylation is 1. The number of carbonyl (C=O) groups is 1. The number of benzene rings is 1. The number of halogens is 1. The Kier molecular flexibility index (Phi) is 5.37. The van der Waals surface area contributed by atoms with Crippen molar-refractivity contribution in [2.75, 3.05) is 13.6 Å². The predicted molar refractivity (Wildman–Crippen MR) is 98.5 cm³/mol. The van der Waals surface area contributed by atoms with E-state index in [1.807, 2.05) is 36.7 Å². The van der Waals surface area contributed by atoms with E-state index in [0.717, 1.165) is 33.2 Å². The van der Waals surface area contributed by atoms with Gasteiger partial charge in [-0.2, -0.15) is 0 Å². The van der Waals surface area contributed by atoms with Crippen molar-refractivity contribution < 1.29 is 4.79 Å². The minimum atomic E-state index is -0.0741. The third-order valence-electron chi connectivity index (χ3n) is 3.75. The van der Waals surface area contributed by atoms with Crippen LogP contribution in [0.1, 0.15) is 11.3 Å². The molecular weight excluding hydrogens is 344 g/mol. The van der Waals surface area contributed by atoms with Gasteiger partial charge in [-0.3, -0.25) is 0 Å². The number of rotatable bonds is 6. The molecule has 0 saturated carbocycles. The second kappa shape index (κ2) is 7.68. The van der Waals surface area contributed by atoms with Crippen molar-refractivity contribution in [2.45, 2.75) is 19.5 Å². The summed E-state index contributed by atoms with van der Waals surface area (Å²) >= 11 is 7.40. The van der Waals surface area contributed by atoms with Gasteiger partial charge in [-0.25, -0.2) is 9.78 Å². The molecule has 126 valence electrons. The molecule has 0 fully saturated rings. The molecule has 0 bridgehead atoms. The van der Waals surface area contributed by atoms with Gasteiger partial charge in [-0.15, -0.1) is 11.3 Å². The number of aromatic nitrogens is 2. The summed E-state index contributed by atoms with van der Waals surface area (Å²) in [6.45, 7) is 2.02. The summed E-state index contributed by atoms with van der Waals surface area (Å²) in [5.74, 6) is 0. The van der Waals surface area contributed by atoms with E-state index < -0.39 is 0 Å². The molecule has 0 aliphatic carbocycles. The van der Waals surface area contributed by atoms with Gasteiger partial charge >= 0.3 is 6.03 Å². The number of para-hydroxylation sites is 2. The number of nitrogens with one attached hydrogen (secondary N) is 1. The smallest absolute Gasteiger partial charge is 0.317 e. The molecule has 1 N–H and O–H groups in total. The van der Waals surface area contributed by atoms with E-state index in [1.165, 1.54) is 11.3 Å². The van der Waals surface area contributed by atoms with Crippen LogP contribution in [0.5, 0.6) is 0 Å². The summed E-state index contributed by atoms with van der Waals surface area (Å²) in [7, 11) is 1.78. The van der Waals surface area contributed by atoms with Gasteiger partial charge < -0.3 is 14.8 Å². The van der Waals surface area contributed by atoms with Gasteiger partial charge in [0.15, 0.2) is 0 Å². The van der Waals surface area contributed by atoms with Crippen LogP contribution in [0, 0.1) is 0 Å². The second-order valence-corrected chi connectivity index (χ2v) is 7.37. The van der Waals surface area contributed by atoms with Gasteiger partial charge in [-0.05, 0) is 30.7 Å². The van der Waals surface area contributed by atoms with Crippen LogP contribution in [-0.4, -0.2) is 34.1 Å². The molecule has 3 rings (SSSR count). The van der Waals surface area contributed by atoms with Crippen LogP contribution in [0.4, 0.5) is 4.79 Å². The molecule has 24 heavy (non-hydrogen) atoms. The maximum Gasteiger partial charge on any atom is 0.317 e. The summed E-state index contributed by atoms with van der Waals surface area (Å²) in [6.07, 6.45) is 2.70. The first-order chi connectivity index (χ1) is 11.6. The first-order valence-corrected chi connectivity index (χ1v) is 8.96. The Morgan fingerprint density at radius 2 is 2.17 bits per heavy atom. The minimum absolute atomic E-state index is 0.0741. The van der Waals surface area contributed by atoms with Crippen LogP contribution in [0.2, 0.25) is 4.34 Å². The number of carbonyl (C=O) groups excluding carboxylic acids is 1. The van der Waals surface area contributed by atoms with Gasteiger partial charge in [0.05, 0.1) is 28.2 Å². The largest absolute Gasteiger partial charge is 0.338 e. The lowest BCUT2D eigenvalue weighted by atomic mass is 10.3.